The Morgan fingerprint density at radius 1 is 1.28 bits per heavy atom. The quantitative estimate of drug-likeness (QED) is 0.460. The molecule has 0 saturated carbocycles. The molecule has 0 radical (unpaired) electrons. The molecule has 7 nitrogen and oxygen atoms in total. The molecule has 0 aliphatic carbocycles. The fraction of sp³-hybridized carbons (Fsp3) is 0.316. The third kappa shape index (κ3) is 4.02. The molecule has 0 amide bonds. The normalized spacial score (nSPS) is 15.9. The van der Waals surface area contributed by atoms with Gasteiger partial charge in [0, 0.05) is 11.8 Å². The molecule has 4 rings (SSSR count). The lowest BCUT2D eigenvalue weighted by Gasteiger charge is -2.18. The lowest BCUT2D eigenvalue weighted by Crippen LogP contribution is -2.33. The summed E-state index contributed by atoms with van der Waals surface area (Å²) in [6.07, 6.45) is 0.917. The van der Waals surface area contributed by atoms with Gasteiger partial charge in [-0.15, -0.1) is 0 Å². The Bertz CT molecular complexity index is 1070. The molecule has 3 aromatic rings. The summed E-state index contributed by atoms with van der Waals surface area (Å²) in [5.74, 6) is 0.532. The highest BCUT2D eigenvalue weighted by Gasteiger charge is 2.31. The number of nitrogen functional groups attached to an aromatic ring is 1. The third-order valence-corrected chi connectivity index (χ3v) is 4.87. The third-order valence-electron chi connectivity index (χ3n) is 4.87. The van der Waals surface area contributed by atoms with Crippen molar-refractivity contribution in [2.24, 2.45) is 0 Å². The Hall–Kier alpha value is -3.14. The van der Waals surface area contributed by atoms with Crippen LogP contribution in [-0.4, -0.2) is 45.0 Å². The van der Waals surface area contributed by atoms with Crippen molar-refractivity contribution in [2.75, 3.05) is 30.7 Å². The Morgan fingerprint density at radius 2 is 2.10 bits per heavy atom. The molecule has 1 aromatic carbocycles. The van der Waals surface area contributed by atoms with Crippen LogP contribution in [0.3, 0.4) is 0 Å². The summed E-state index contributed by atoms with van der Waals surface area (Å²) in [6, 6.07) is 5.08. The number of halogens is 3. The molecular formula is C19H21F3N7+. The van der Waals surface area contributed by atoms with Gasteiger partial charge in [-0.2, -0.15) is 22.8 Å². The smallest absolute Gasteiger partial charge is 0.399 e. The van der Waals surface area contributed by atoms with Crippen molar-refractivity contribution >= 4 is 28.9 Å². The van der Waals surface area contributed by atoms with Gasteiger partial charge in [0.1, 0.15) is 18.0 Å². The van der Waals surface area contributed by atoms with E-state index in [1.54, 1.807) is 11.4 Å². The van der Waals surface area contributed by atoms with Crippen LogP contribution in [0.5, 0.6) is 0 Å². The van der Waals surface area contributed by atoms with Gasteiger partial charge in [0.25, 0.3) is 0 Å². The molecule has 0 unspecified atom stereocenters. The lowest BCUT2D eigenvalue weighted by atomic mass is 10.0. The number of anilines is 2. The number of nitrogens with one attached hydrogen (secondary N) is 2. The SMILES string of the molecule is C[C@@H](Nc1ncnn2cc([N+]3=CCNCC3)cc12)c1cc(N)cc(C(F)(F)F)c1. The van der Waals surface area contributed by atoms with Crippen molar-refractivity contribution in [3.8, 4) is 0 Å². The van der Waals surface area contributed by atoms with Crippen LogP contribution in [0.4, 0.5) is 30.4 Å². The van der Waals surface area contributed by atoms with Gasteiger partial charge < -0.3 is 16.4 Å². The van der Waals surface area contributed by atoms with Gasteiger partial charge in [0.05, 0.1) is 24.7 Å². The van der Waals surface area contributed by atoms with E-state index in [4.69, 9.17) is 5.73 Å². The topological polar surface area (TPSA) is 83.3 Å². The maximum absolute atomic E-state index is 13.1. The van der Waals surface area contributed by atoms with Crippen LogP contribution in [0, 0.1) is 0 Å². The van der Waals surface area contributed by atoms with Crippen LogP contribution in [-0.2, 0) is 6.18 Å². The monoisotopic (exact) mass is 404 g/mol. The maximum Gasteiger partial charge on any atom is 0.416 e. The fourth-order valence-corrected chi connectivity index (χ4v) is 3.37. The minimum atomic E-state index is -4.46. The van der Waals surface area contributed by atoms with Crippen LogP contribution in [0.1, 0.15) is 24.1 Å². The number of nitrogens with zero attached hydrogens (tertiary/aromatic N) is 4. The first-order valence-electron chi connectivity index (χ1n) is 9.19. The zero-order valence-corrected chi connectivity index (χ0v) is 15.7. The molecule has 0 fully saturated rings. The van der Waals surface area contributed by atoms with Crippen LogP contribution in [0.2, 0.25) is 0 Å². The summed E-state index contributed by atoms with van der Waals surface area (Å²) in [5.41, 5.74) is 7.13. The number of rotatable bonds is 4. The van der Waals surface area contributed by atoms with Gasteiger partial charge >= 0.3 is 6.18 Å². The summed E-state index contributed by atoms with van der Waals surface area (Å²) in [6.45, 7) is 4.28. The molecule has 1 aliphatic heterocycles. The summed E-state index contributed by atoms with van der Waals surface area (Å²) in [5, 5.41) is 10.7. The number of benzene rings is 1. The Labute approximate surface area is 165 Å². The van der Waals surface area contributed by atoms with E-state index in [9.17, 15) is 13.2 Å². The second-order valence-electron chi connectivity index (χ2n) is 6.97. The zero-order valence-electron chi connectivity index (χ0n) is 15.7. The molecule has 1 aliphatic rings. The highest BCUT2D eigenvalue weighted by atomic mass is 19.4. The van der Waals surface area contributed by atoms with Gasteiger partial charge in [0.15, 0.2) is 18.6 Å². The second kappa shape index (κ2) is 7.36. The lowest BCUT2D eigenvalue weighted by molar-refractivity contribution is -0.438. The van der Waals surface area contributed by atoms with E-state index in [2.05, 4.69) is 31.5 Å². The van der Waals surface area contributed by atoms with Gasteiger partial charge in [-0.3, -0.25) is 0 Å². The van der Waals surface area contributed by atoms with Crippen molar-refractivity contribution in [3.05, 3.63) is 47.9 Å². The Balaban J connectivity index is 1.65. The van der Waals surface area contributed by atoms with E-state index in [-0.39, 0.29) is 5.69 Å². The van der Waals surface area contributed by atoms with Crippen molar-refractivity contribution in [1.29, 1.82) is 0 Å². The molecule has 0 saturated heterocycles. The molecule has 0 bridgehead atoms. The zero-order chi connectivity index (χ0) is 20.6. The minimum absolute atomic E-state index is 0.0653. The maximum atomic E-state index is 13.1. The standard InChI is InChI=1S/C19H21F3N7/c1-12(13-6-14(19(20,21)22)8-15(23)7-13)27-18-17-9-16(10-29(17)26-11-25-18)28-4-2-24-3-5-28/h4,6-12,24H,2-3,5,23H2,1H3,(H,25,26,27)/q+1/t12-/m1/s1. The molecule has 152 valence electrons. The van der Waals surface area contributed by atoms with E-state index in [0.717, 1.165) is 43.0 Å². The van der Waals surface area contributed by atoms with Crippen LogP contribution in [0.25, 0.3) is 5.52 Å². The Morgan fingerprint density at radius 3 is 2.83 bits per heavy atom. The number of hydrogen-bond donors (Lipinski definition) is 3. The van der Waals surface area contributed by atoms with E-state index >= 15 is 0 Å². The number of alkyl halides is 3. The second-order valence-corrected chi connectivity index (χ2v) is 6.97. The highest BCUT2D eigenvalue weighted by molar-refractivity contribution is 5.72. The number of nitrogens with two attached hydrogens (primary N) is 1. The van der Waals surface area contributed by atoms with E-state index in [0.29, 0.717) is 11.4 Å². The minimum Gasteiger partial charge on any atom is -0.399 e. The van der Waals surface area contributed by atoms with Gasteiger partial charge in [-0.1, -0.05) is 0 Å². The van der Waals surface area contributed by atoms with Crippen molar-refractivity contribution in [3.63, 3.8) is 0 Å². The molecule has 0 spiro atoms. The first-order chi connectivity index (χ1) is 13.8. The fourth-order valence-electron chi connectivity index (χ4n) is 3.37. The first-order valence-corrected chi connectivity index (χ1v) is 9.19. The largest absolute Gasteiger partial charge is 0.416 e. The van der Waals surface area contributed by atoms with Gasteiger partial charge in [-0.05, 0) is 30.7 Å². The summed E-state index contributed by atoms with van der Waals surface area (Å²) >= 11 is 0. The molecule has 1 atom stereocenters. The highest BCUT2D eigenvalue weighted by Crippen LogP contribution is 2.33. The first kappa shape index (κ1) is 19.2. The summed E-state index contributed by atoms with van der Waals surface area (Å²) < 4.78 is 43.2. The summed E-state index contributed by atoms with van der Waals surface area (Å²) in [7, 11) is 0. The molecule has 10 heteroatoms. The average Bonchev–Trinajstić information content (AvgIpc) is 3.13. The predicted molar refractivity (Wildman–Crippen MR) is 105 cm³/mol. The average molecular weight is 404 g/mol. The predicted octanol–water partition coefficient (Wildman–Crippen LogP) is 2.82. The van der Waals surface area contributed by atoms with E-state index < -0.39 is 17.8 Å². The van der Waals surface area contributed by atoms with E-state index in [1.807, 2.05) is 12.3 Å². The number of aromatic nitrogens is 3. The van der Waals surface area contributed by atoms with E-state index in [1.165, 1.54) is 12.4 Å². The number of hydrogen-bond acceptors (Lipinski definition) is 5. The summed E-state index contributed by atoms with van der Waals surface area (Å²) in [4.78, 5) is 4.29. The van der Waals surface area contributed by atoms with Gasteiger partial charge in [0.2, 0.25) is 5.69 Å². The van der Waals surface area contributed by atoms with Crippen LogP contribution < -0.4 is 16.4 Å². The van der Waals surface area contributed by atoms with Gasteiger partial charge in [-0.25, -0.2) is 9.50 Å². The molecule has 2 aromatic heterocycles. The molecule has 29 heavy (non-hydrogen) atoms. The molecule has 3 heterocycles. The number of fused-ring (bicyclic) bond motifs is 1. The van der Waals surface area contributed by atoms with Crippen molar-refractivity contribution in [1.82, 2.24) is 19.9 Å². The Kier molecular flexibility index (Phi) is 4.87. The van der Waals surface area contributed by atoms with Crippen molar-refractivity contribution in [2.45, 2.75) is 19.1 Å². The van der Waals surface area contributed by atoms with Crippen LogP contribution in [0.15, 0.2) is 36.8 Å². The van der Waals surface area contributed by atoms with Crippen molar-refractivity contribution < 1.29 is 17.7 Å². The van der Waals surface area contributed by atoms with Crippen LogP contribution >= 0.6 is 0 Å². The molecular weight excluding hydrogens is 383 g/mol. The molecule has 4 N–H and O–H groups in total.